The van der Waals surface area contributed by atoms with Crippen LogP contribution in [0.15, 0.2) is 70.5 Å². The minimum atomic E-state index is -4.41. The zero-order valence-electron chi connectivity index (χ0n) is 16.1. The predicted octanol–water partition coefficient (Wildman–Crippen LogP) is 3.47. The fraction of sp³-hybridized carbons (Fsp3) is 0. The molecule has 30 heavy (non-hydrogen) atoms. The van der Waals surface area contributed by atoms with Crippen molar-refractivity contribution in [1.29, 1.82) is 0 Å². The quantitative estimate of drug-likeness (QED) is 0.182. The molecule has 2 N–H and O–H groups in total. The number of fused-ring (bicyclic) bond motifs is 2. The van der Waals surface area contributed by atoms with E-state index in [0.717, 1.165) is 21.5 Å². The molecule has 5 aromatic carbocycles. The van der Waals surface area contributed by atoms with Crippen LogP contribution >= 0.6 is 0 Å². The third-order valence-corrected chi connectivity index (χ3v) is 6.96. The summed E-state index contributed by atoms with van der Waals surface area (Å²) < 4.78 is 66.5. The first kappa shape index (κ1) is 23.9. The molecule has 0 aliphatic heterocycles. The maximum absolute atomic E-state index is 11.8. The first-order chi connectivity index (χ1) is 13.2. The summed E-state index contributed by atoms with van der Waals surface area (Å²) in [6.07, 6.45) is 0. The largest absolute Gasteiger partial charge is 0.295 e. The van der Waals surface area contributed by atoms with Gasteiger partial charge < -0.3 is 0 Å². The number of rotatable bonds is 2. The molecule has 0 saturated heterocycles. The molecule has 142 valence electrons. The fourth-order valence-corrected chi connectivity index (χ4v) is 5.48. The monoisotopic (exact) mass is 458 g/mol. The molecule has 0 spiro atoms. The van der Waals surface area contributed by atoms with Gasteiger partial charge in [-0.1, -0.05) is 48.5 Å². The van der Waals surface area contributed by atoms with E-state index in [4.69, 9.17) is 0 Å². The Kier molecular flexibility index (Phi) is 6.34. The molecular formula is C20H12Na2O6S2. The van der Waals surface area contributed by atoms with Gasteiger partial charge in [0.05, 0.1) is 0 Å². The summed E-state index contributed by atoms with van der Waals surface area (Å²) in [5.41, 5.74) is 0. The minimum absolute atomic E-state index is 0. The van der Waals surface area contributed by atoms with Crippen molar-refractivity contribution < 1.29 is 25.9 Å². The molecular weight excluding hydrogens is 446 g/mol. The fourth-order valence-electron chi connectivity index (χ4n) is 4.11. The van der Waals surface area contributed by atoms with Gasteiger partial charge in [-0.05, 0) is 44.5 Å². The van der Waals surface area contributed by atoms with Gasteiger partial charge in [0.1, 0.15) is 9.79 Å². The molecule has 0 unspecified atom stereocenters. The van der Waals surface area contributed by atoms with Crippen LogP contribution in [0.5, 0.6) is 0 Å². The maximum atomic E-state index is 11.8. The smallest absolute Gasteiger partial charge is 0.282 e. The van der Waals surface area contributed by atoms with Crippen LogP contribution in [0.4, 0.5) is 0 Å². The number of benzene rings is 5. The Bertz CT molecular complexity index is 1520. The molecule has 0 fully saturated rings. The van der Waals surface area contributed by atoms with Crippen molar-refractivity contribution in [3.8, 4) is 0 Å². The van der Waals surface area contributed by atoms with Crippen molar-refractivity contribution in [1.82, 2.24) is 0 Å². The zero-order valence-corrected chi connectivity index (χ0v) is 21.8. The Balaban J connectivity index is 0.00000128. The van der Waals surface area contributed by atoms with Gasteiger partial charge in [0, 0.05) is 69.9 Å². The van der Waals surface area contributed by atoms with E-state index in [0.29, 0.717) is 21.5 Å². The topological polar surface area (TPSA) is 109 Å². The van der Waals surface area contributed by atoms with E-state index in [1.165, 1.54) is 12.1 Å². The van der Waals surface area contributed by atoms with Gasteiger partial charge in [-0.3, -0.25) is 9.11 Å². The molecule has 0 aliphatic rings. The van der Waals surface area contributed by atoms with E-state index in [-0.39, 0.29) is 68.9 Å². The summed E-state index contributed by atoms with van der Waals surface area (Å²) in [4.78, 5) is -0.364. The molecule has 0 amide bonds. The Hall–Kier alpha value is -0.780. The van der Waals surface area contributed by atoms with Gasteiger partial charge in [-0.15, -0.1) is 0 Å². The molecule has 0 heterocycles. The molecule has 6 nitrogen and oxygen atoms in total. The molecule has 0 aromatic heterocycles. The van der Waals surface area contributed by atoms with Gasteiger partial charge in [-0.2, -0.15) is 16.8 Å². The average molecular weight is 458 g/mol. The first-order valence-electron chi connectivity index (χ1n) is 8.25. The van der Waals surface area contributed by atoms with Gasteiger partial charge in [0.2, 0.25) is 0 Å². The van der Waals surface area contributed by atoms with E-state index in [1.807, 2.05) is 12.1 Å². The summed E-state index contributed by atoms with van der Waals surface area (Å²) in [6, 6.07) is 16.2. The van der Waals surface area contributed by atoms with Crippen LogP contribution in [0.25, 0.3) is 43.1 Å². The normalized spacial score (nSPS) is 12.3. The van der Waals surface area contributed by atoms with Crippen molar-refractivity contribution in [2.45, 2.75) is 9.79 Å². The van der Waals surface area contributed by atoms with Crippen molar-refractivity contribution in [2.75, 3.05) is 0 Å². The first-order valence-corrected chi connectivity index (χ1v) is 11.1. The molecule has 5 rings (SSSR count). The van der Waals surface area contributed by atoms with Gasteiger partial charge in [0.25, 0.3) is 20.2 Å². The molecule has 0 atom stereocenters. The van der Waals surface area contributed by atoms with E-state index in [2.05, 4.69) is 0 Å². The van der Waals surface area contributed by atoms with E-state index in [1.54, 1.807) is 36.4 Å². The third kappa shape index (κ3) is 3.49. The van der Waals surface area contributed by atoms with Crippen molar-refractivity contribution in [3.05, 3.63) is 60.7 Å². The third-order valence-electron chi connectivity index (χ3n) is 5.14. The van der Waals surface area contributed by atoms with Crippen LogP contribution < -0.4 is 0 Å². The predicted molar refractivity (Wildman–Crippen MR) is 119 cm³/mol. The Morgan fingerprint density at radius 3 is 1.10 bits per heavy atom. The van der Waals surface area contributed by atoms with Crippen molar-refractivity contribution in [2.24, 2.45) is 0 Å². The van der Waals surface area contributed by atoms with Crippen LogP contribution in [0.2, 0.25) is 0 Å². The molecule has 0 saturated carbocycles. The van der Waals surface area contributed by atoms with Crippen molar-refractivity contribution >= 4 is 122 Å². The second-order valence-electron chi connectivity index (χ2n) is 6.63. The molecule has 0 bridgehead atoms. The van der Waals surface area contributed by atoms with Gasteiger partial charge >= 0.3 is 0 Å². The molecule has 5 aromatic rings. The van der Waals surface area contributed by atoms with Crippen LogP contribution in [0.1, 0.15) is 0 Å². The number of hydrogen-bond donors (Lipinski definition) is 2. The van der Waals surface area contributed by atoms with Gasteiger partial charge in [-0.25, -0.2) is 0 Å². The van der Waals surface area contributed by atoms with Crippen LogP contribution in [0.3, 0.4) is 0 Å². The standard InChI is InChI=1S/C20H12O6S2.2Na/c21-27(22,23)17-9-7-13-14-8-10-18(28(24,25)26)16-6-2-4-12(20(14)16)11-3-1-5-15(17)19(11)13;;/h1-10H,(H,21,22,23)(H,24,25,26);;. The summed E-state index contributed by atoms with van der Waals surface area (Å²) >= 11 is 0. The van der Waals surface area contributed by atoms with E-state index >= 15 is 0 Å². The van der Waals surface area contributed by atoms with E-state index < -0.39 is 20.2 Å². The molecule has 2 radical (unpaired) electrons. The van der Waals surface area contributed by atoms with Crippen LogP contribution in [0, 0.1) is 0 Å². The summed E-state index contributed by atoms with van der Waals surface area (Å²) in [6.45, 7) is 0. The average Bonchev–Trinajstić information content (AvgIpc) is 2.63. The van der Waals surface area contributed by atoms with Gasteiger partial charge in [0.15, 0.2) is 0 Å². The zero-order chi connectivity index (χ0) is 19.8. The number of hydrogen-bond acceptors (Lipinski definition) is 4. The second-order valence-corrected chi connectivity index (χ2v) is 9.41. The van der Waals surface area contributed by atoms with Crippen molar-refractivity contribution in [3.63, 3.8) is 0 Å². The summed E-state index contributed by atoms with van der Waals surface area (Å²) in [5.74, 6) is 0. The maximum Gasteiger partial charge on any atom is 0.295 e. The van der Waals surface area contributed by atoms with E-state index in [9.17, 15) is 25.9 Å². The Labute approximate surface area is 216 Å². The summed E-state index contributed by atoms with van der Waals surface area (Å²) in [7, 11) is -8.83. The second kappa shape index (κ2) is 7.97. The Morgan fingerprint density at radius 1 is 0.467 bits per heavy atom. The van der Waals surface area contributed by atoms with Crippen LogP contribution in [-0.2, 0) is 20.2 Å². The molecule has 0 aliphatic carbocycles. The minimum Gasteiger partial charge on any atom is -0.282 e. The SMILES string of the molecule is O=S(=O)(O)c1ccc2c3ccc(S(=O)(=O)O)c4cccc(c5cccc1c52)c43.[Na].[Na]. The molecule has 10 heteroatoms. The van der Waals surface area contributed by atoms with Crippen LogP contribution in [-0.4, -0.2) is 85.1 Å². The summed E-state index contributed by atoms with van der Waals surface area (Å²) in [5, 5.41) is 5.01. The Morgan fingerprint density at radius 2 is 0.767 bits per heavy atom.